The zero-order chi connectivity index (χ0) is 25.3. The molecule has 2 aromatic rings. The largest absolute Gasteiger partial charge is 0.378 e. The molecule has 1 aromatic heterocycles. The van der Waals surface area contributed by atoms with E-state index in [0.29, 0.717) is 49.4 Å². The summed E-state index contributed by atoms with van der Waals surface area (Å²) in [5.41, 5.74) is -1.08. The van der Waals surface area contributed by atoms with E-state index in [-0.39, 0.29) is 34.8 Å². The van der Waals surface area contributed by atoms with Gasteiger partial charge in [-0.1, -0.05) is 15.9 Å². The third kappa shape index (κ3) is 5.37. The first-order valence-electron chi connectivity index (χ1n) is 11.1. The minimum Gasteiger partial charge on any atom is -0.378 e. The van der Waals surface area contributed by atoms with Gasteiger partial charge in [0.2, 0.25) is 5.82 Å². The maximum atomic E-state index is 14.2. The van der Waals surface area contributed by atoms with Gasteiger partial charge in [0.15, 0.2) is 0 Å². The number of halogens is 4. The van der Waals surface area contributed by atoms with Crippen molar-refractivity contribution in [3.8, 4) is 0 Å². The first kappa shape index (κ1) is 25.2. The number of carbonyl (C=O) groups excluding carboxylic acids is 2. The summed E-state index contributed by atoms with van der Waals surface area (Å²) >= 11 is 3.24. The fourth-order valence-corrected chi connectivity index (χ4v) is 4.90. The summed E-state index contributed by atoms with van der Waals surface area (Å²) in [7, 11) is 0. The van der Waals surface area contributed by atoms with Crippen molar-refractivity contribution in [3.63, 3.8) is 0 Å². The molecular weight excluding hydrogens is 533 g/mol. The highest BCUT2D eigenvalue weighted by Crippen LogP contribution is 2.38. The Morgan fingerprint density at radius 2 is 1.89 bits per heavy atom. The van der Waals surface area contributed by atoms with Crippen LogP contribution in [0.25, 0.3) is 0 Å². The standard InChI is InChI=1S/C23H24BrF3N4O4/c1-12-8-15(18(25)22(33)28-12)21(32)29-14-2-3-31(11-14)19-16(20(26)27)9-13(24)10-17(19)23(34)30-4-6-35-7-5-30/h8-10,14,20H,2-7,11H2,1H3,(H,28,33)(H,29,32)/t14-/m1/s1. The molecule has 1 aromatic carbocycles. The van der Waals surface area contributed by atoms with Crippen LogP contribution in [0, 0.1) is 12.7 Å². The number of carbonyl (C=O) groups is 2. The summed E-state index contributed by atoms with van der Waals surface area (Å²) in [5, 5.41) is 2.68. The summed E-state index contributed by atoms with van der Waals surface area (Å²) < 4.78 is 48.0. The number of H-pyrrole nitrogens is 1. The van der Waals surface area contributed by atoms with E-state index in [0.717, 1.165) is 0 Å². The summed E-state index contributed by atoms with van der Waals surface area (Å²) in [4.78, 5) is 43.1. The molecule has 3 heterocycles. The molecule has 35 heavy (non-hydrogen) atoms. The normalized spacial score (nSPS) is 18.3. The summed E-state index contributed by atoms with van der Waals surface area (Å²) in [6, 6.07) is 3.55. The molecule has 0 spiro atoms. The van der Waals surface area contributed by atoms with Gasteiger partial charge in [-0.25, -0.2) is 13.2 Å². The van der Waals surface area contributed by atoms with Gasteiger partial charge < -0.3 is 24.8 Å². The second-order valence-corrected chi connectivity index (χ2v) is 9.43. The molecule has 2 N–H and O–H groups in total. The minimum absolute atomic E-state index is 0.120. The van der Waals surface area contributed by atoms with Crippen molar-refractivity contribution >= 4 is 33.4 Å². The van der Waals surface area contributed by atoms with Gasteiger partial charge in [-0.3, -0.25) is 14.4 Å². The van der Waals surface area contributed by atoms with Crippen LogP contribution in [-0.4, -0.2) is 67.1 Å². The third-order valence-corrected chi connectivity index (χ3v) is 6.52. The fourth-order valence-electron chi connectivity index (χ4n) is 4.42. The highest BCUT2D eigenvalue weighted by molar-refractivity contribution is 9.10. The predicted octanol–water partition coefficient (Wildman–Crippen LogP) is 3.00. The highest BCUT2D eigenvalue weighted by Gasteiger charge is 2.33. The lowest BCUT2D eigenvalue weighted by Gasteiger charge is -2.30. The van der Waals surface area contributed by atoms with E-state index in [1.807, 2.05) is 0 Å². The topological polar surface area (TPSA) is 94.7 Å². The number of morpholine rings is 1. The number of hydrogen-bond donors (Lipinski definition) is 2. The Bertz CT molecular complexity index is 1200. The molecule has 1 atom stereocenters. The van der Waals surface area contributed by atoms with Crippen molar-refractivity contribution in [3.05, 3.63) is 61.2 Å². The van der Waals surface area contributed by atoms with Gasteiger partial charge in [0.05, 0.1) is 30.0 Å². The summed E-state index contributed by atoms with van der Waals surface area (Å²) in [5.74, 6) is -2.33. The number of pyridine rings is 1. The molecule has 0 radical (unpaired) electrons. The maximum absolute atomic E-state index is 14.2. The van der Waals surface area contributed by atoms with E-state index < -0.39 is 29.8 Å². The number of nitrogens with zero attached hydrogens (tertiary/aromatic N) is 2. The van der Waals surface area contributed by atoms with Crippen LogP contribution >= 0.6 is 15.9 Å². The average molecular weight is 557 g/mol. The van der Waals surface area contributed by atoms with Crippen LogP contribution in [0.2, 0.25) is 0 Å². The van der Waals surface area contributed by atoms with Crippen molar-refractivity contribution in [2.45, 2.75) is 25.8 Å². The van der Waals surface area contributed by atoms with E-state index in [1.165, 1.54) is 25.1 Å². The van der Waals surface area contributed by atoms with E-state index >= 15 is 0 Å². The number of aromatic nitrogens is 1. The van der Waals surface area contributed by atoms with Crippen molar-refractivity contribution in [1.82, 2.24) is 15.2 Å². The Hall–Kier alpha value is -2.86. The Kier molecular flexibility index (Phi) is 7.50. The number of aryl methyl sites for hydroxylation is 1. The first-order chi connectivity index (χ1) is 16.7. The van der Waals surface area contributed by atoms with Crippen LogP contribution in [0.5, 0.6) is 0 Å². The Labute approximate surface area is 207 Å². The smallest absolute Gasteiger partial charge is 0.284 e. The van der Waals surface area contributed by atoms with Crippen molar-refractivity contribution in [2.24, 2.45) is 0 Å². The summed E-state index contributed by atoms with van der Waals surface area (Å²) in [6.07, 6.45) is -2.44. The molecule has 0 unspecified atom stereocenters. The number of ether oxygens (including phenoxy) is 1. The van der Waals surface area contributed by atoms with Gasteiger partial charge in [0.25, 0.3) is 23.8 Å². The Balaban J connectivity index is 1.60. The number of hydrogen-bond acceptors (Lipinski definition) is 5. The SMILES string of the molecule is Cc1cc(C(=O)N[C@@H]2CCN(c3c(C(=O)N4CCOCC4)cc(Br)cc3C(F)F)C2)c(F)c(=O)[nH]1. The monoisotopic (exact) mass is 556 g/mol. The lowest BCUT2D eigenvalue weighted by molar-refractivity contribution is 0.0303. The van der Waals surface area contributed by atoms with Gasteiger partial charge in [0, 0.05) is 48.0 Å². The van der Waals surface area contributed by atoms with Crippen LogP contribution in [0.4, 0.5) is 18.9 Å². The van der Waals surface area contributed by atoms with Crippen LogP contribution in [0.3, 0.4) is 0 Å². The molecule has 12 heteroatoms. The minimum atomic E-state index is -2.83. The molecule has 8 nitrogen and oxygen atoms in total. The van der Waals surface area contributed by atoms with Gasteiger partial charge in [-0.05, 0) is 31.5 Å². The fraction of sp³-hybridized carbons (Fsp3) is 0.435. The van der Waals surface area contributed by atoms with Crippen molar-refractivity contribution < 1.29 is 27.5 Å². The van der Waals surface area contributed by atoms with Gasteiger partial charge in [0.1, 0.15) is 0 Å². The quantitative estimate of drug-likeness (QED) is 0.590. The molecule has 2 amide bonds. The van der Waals surface area contributed by atoms with Crippen LogP contribution in [0.15, 0.2) is 27.5 Å². The molecule has 4 rings (SSSR count). The third-order valence-electron chi connectivity index (χ3n) is 6.06. The first-order valence-corrected chi connectivity index (χ1v) is 11.9. The van der Waals surface area contributed by atoms with Crippen LogP contribution < -0.4 is 15.8 Å². The van der Waals surface area contributed by atoms with Crippen LogP contribution in [0.1, 0.15) is 44.8 Å². The van der Waals surface area contributed by atoms with Gasteiger partial charge in [-0.2, -0.15) is 0 Å². The molecule has 2 aliphatic rings. The predicted molar refractivity (Wildman–Crippen MR) is 126 cm³/mol. The van der Waals surface area contributed by atoms with E-state index in [4.69, 9.17) is 4.74 Å². The second kappa shape index (κ2) is 10.4. The Morgan fingerprint density at radius 3 is 2.57 bits per heavy atom. The van der Waals surface area contributed by atoms with Gasteiger partial charge in [-0.15, -0.1) is 0 Å². The number of benzene rings is 1. The van der Waals surface area contributed by atoms with E-state index in [2.05, 4.69) is 26.2 Å². The number of rotatable bonds is 5. The molecule has 2 saturated heterocycles. The zero-order valence-electron chi connectivity index (χ0n) is 18.9. The zero-order valence-corrected chi connectivity index (χ0v) is 20.5. The van der Waals surface area contributed by atoms with Gasteiger partial charge >= 0.3 is 0 Å². The molecular formula is C23H24BrF3N4O4. The van der Waals surface area contributed by atoms with Crippen molar-refractivity contribution in [2.75, 3.05) is 44.3 Å². The van der Waals surface area contributed by atoms with Crippen LogP contribution in [-0.2, 0) is 4.74 Å². The molecule has 2 fully saturated rings. The molecule has 2 aliphatic heterocycles. The number of nitrogens with one attached hydrogen (secondary N) is 2. The summed E-state index contributed by atoms with van der Waals surface area (Å²) in [6.45, 7) is 3.41. The molecule has 0 aliphatic carbocycles. The number of anilines is 1. The lowest BCUT2D eigenvalue weighted by Crippen LogP contribution is -2.42. The lowest BCUT2D eigenvalue weighted by atomic mass is 10.0. The number of alkyl halides is 2. The van der Waals surface area contributed by atoms with Crippen molar-refractivity contribution in [1.29, 1.82) is 0 Å². The highest BCUT2D eigenvalue weighted by atomic mass is 79.9. The molecule has 188 valence electrons. The second-order valence-electron chi connectivity index (χ2n) is 8.51. The maximum Gasteiger partial charge on any atom is 0.284 e. The number of amides is 2. The Morgan fingerprint density at radius 1 is 1.17 bits per heavy atom. The average Bonchev–Trinajstić information content (AvgIpc) is 3.28. The van der Waals surface area contributed by atoms with E-state index in [1.54, 1.807) is 9.80 Å². The number of aromatic amines is 1. The molecule has 0 saturated carbocycles. The molecule has 0 bridgehead atoms. The van der Waals surface area contributed by atoms with E-state index in [9.17, 15) is 27.6 Å².